The summed E-state index contributed by atoms with van der Waals surface area (Å²) < 4.78 is 10.5. The monoisotopic (exact) mass is 416 g/mol. The second-order valence-corrected chi connectivity index (χ2v) is 7.29. The van der Waals surface area contributed by atoms with Crippen LogP contribution in [-0.2, 0) is 28.9 Å². The molecule has 1 atom stereocenters. The van der Waals surface area contributed by atoms with Crippen LogP contribution in [0.25, 0.3) is 11.1 Å². The largest absolute Gasteiger partial charge is 0.468 e. The van der Waals surface area contributed by atoms with Crippen LogP contribution in [0, 0.1) is 0 Å². The number of benzene rings is 2. The number of aromatic nitrogens is 2. The number of amides is 1. The van der Waals surface area contributed by atoms with Crippen LogP contribution in [0.2, 0.25) is 0 Å². The molecule has 1 N–H and O–H groups in total. The van der Waals surface area contributed by atoms with E-state index in [1.807, 2.05) is 48.8 Å². The summed E-state index contributed by atoms with van der Waals surface area (Å²) in [5.41, 5.74) is 5.63. The van der Waals surface area contributed by atoms with Gasteiger partial charge >= 0.3 is 6.09 Å². The maximum atomic E-state index is 12.1. The first-order valence-corrected chi connectivity index (χ1v) is 10.2. The Balaban J connectivity index is 1.40. The molecule has 3 aromatic rings. The van der Waals surface area contributed by atoms with E-state index < -0.39 is 6.09 Å². The summed E-state index contributed by atoms with van der Waals surface area (Å²) in [7, 11) is 1.49. The van der Waals surface area contributed by atoms with Gasteiger partial charge in [0.15, 0.2) is 0 Å². The summed E-state index contributed by atoms with van der Waals surface area (Å²) in [5, 5.41) is 2.60. The lowest BCUT2D eigenvalue weighted by atomic mass is 9.84. The molecule has 1 aromatic heterocycles. The predicted molar refractivity (Wildman–Crippen MR) is 117 cm³/mol. The maximum Gasteiger partial charge on any atom is 0.415 e. The van der Waals surface area contributed by atoms with E-state index in [0.29, 0.717) is 0 Å². The van der Waals surface area contributed by atoms with Crippen molar-refractivity contribution in [1.82, 2.24) is 15.3 Å². The zero-order valence-corrected chi connectivity index (χ0v) is 17.3. The number of ether oxygens (including phenoxy) is 2. The molecule has 4 rings (SSSR count). The molecular formula is C24H24N4O3. The van der Waals surface area contributed by atoms with Gasteiger partial charge < -0.3 is 9.47 Å². The summed E-state index contributed by atoms with van der Waals surface area (Å²) in [6, 6.07) is 16.0. The molecule has 0 aliphatic heterocycles. The number of rotatable bonds is 4. The molecule has 0 fully saturated rings. The fourth-order valence-corrected chi connectivity index (χ4v) is 3.76. The van der Waals surface area contributed by atoms with Crippen molar-refractivity contribution in [3.63, 3.8) is 0 Å². The van der Waals surface area contributed by atoms with Crippen LogP contribution in [0.3, 0.4) is 0 Å². The van der Waals surface area contributed by atoms with Gasteiger partial charge in [-0.2, -0.15) is 0 Å². The Morgan fingerprint density at radius 3 is 2.71 bits per heavy atom. The van der Waals surface area contributed by atoms with Gasteiger partial charge in [0.1, 0.15) is 12.9 Å². The van der Waals surface area contributed by atoms with Crippen LogP contribution in [0.5, 0.6) is 0 Å². The molecule has 1 unspecified atom stereocenters. The van der Waals surface area contributed by atoms with Gasteiger partial charge in [0.05, 0.1) is 13.2 Å². The number of fused-ring (bicyclic) bond motifs is 1. The Morgan fingerprint density at radius 2 is 1.94 bits per heavy atom. The van der Waals surface area contributed by atoms with E-state index in [0.717, 1.165) is 36.0 Å². The van der Waals surface area contributed by atoms with Gasteiger partial charge in [-0.3, -0.25) is 0 Å². The molecule has 1 heterocycles. The van der Waals surface area contributed by atoms with Crippen molar-refractivity contribution in [3.05, 3.63) is 83.9 Å². The average Bonchev–Trinajstić information content (AvgIpc) is 2.83. The van der Waals surface area contributed by atoms with Gasteiger partial charge in [-0.25, -0.2) is 25.1 Å². The third-order valence-corrected chi connectivity index (χ3v) is 5.24. The highest BCUT2D eigenvalue weighted by Crippen LogP contribution is 2.31. The van der Waals surface area contributed by atoms with Crippen LogP contribution >= 0.6 is 0 Å². The first-order valence-electron chi connectivity index (χ1n) is 10.2. The number of aliphatic imine (C=N–C) groups is 1. The summed E-state index contributed by atoms with van der Waals surface area (Å²) in [5.74, 6) is 0. The fourth-order valence-electron chi connectivity index (χ4n) is 3.76. The number of nitrogens with zero attached hydrogens (tertiary/aromatic N) is 3. The Labute approximate surface area is 181 Å². The van der Waals surface area contributed by atoms with E-state index in [9.17, 15) is 4.79 Å². The molecule has 158 valence electrons. The molecule has 1 aliphatic rings. The molecule has 0 bridgehead atoms. The maximum absolute atomic E-state index is 12.1. The lowest BCUT2D eigenvalue weighted by molar-refractivity contribution is 0.142. The molecule has 2 aromatic carbocycles. The fraction of sp³-hybridized carbons (Fsp3) is 0.250. The van der Waals surface area contributed by atoms with Crippen molar-refractivity contribution in [2.45, 2.75) is 31.9 Å². The molecule has 1 amide bonds. The summed E-state index contributed by atoms with van der Waals surface area (Å²) >= 11 is 0. The first-order chi connectivity index (χ1) is 15.2. The Morgan fingerprint density at radius 1 is 1.13 bits per heavy atom. The topological polar surface area (TPSA) is 85.7 Å². The van der Waals surface area contributed by atoms with Crippen molar-refractivity contribution in [2.75, 3.05) is 7.11 Å². The summed E-state index contributed by atoms with van der Waals surface area (Å²) in [4.78, 5) is 25.0. The molecule has 7 nitrogen and oxygen atoms in total. The minimum Gasteiger partial charge on any atom is -0.468 e. The minimum atomic E-state index is -0.591. The van der Waals surface area contributed by atoms with Crippen molar-refractivity contribution >= 4 is 12.1 Å². The number of alkyl carbamates (subject to hydrolysis) is 1. The summed E-state index contributed by atoms with van der Waals surface area (Å²) in [6.07, 6.45) is 7.11. The van der Waals surface area contributed by atoms with Crippen LogP contribution < -0.4 is 5.32 Å². The molecule has 7 heteroatoms. The second-order valence-electron chi connectivity index (χ2n) is 7.29. The summed E-state index contributed by atoms with van der Waals surface area (Å²) in [6.45, 7) is 0.187. The third kappa shape index (κ3) is 5.25. The molecule has 0 saturated carbocycles. The van der Waals surface area contributed by atoms with E-state index in [2.05, 4.69) is 32.4 Å². The van der Waals surface area contributed by atoms with Crippen molar-refractivity contribution in [1.29, 1.82) is 0 Å². The Kier molecular flexibility index (Phi) is 6.52. The van der Waals surface area contributed by atoms with Gasteiger partial charge in [0.2, 0.25) is 0 Å². The van der Waals surface area contributed by atoms with E-state index in [4.69, 9.17) is 9.47 Å². The van der Waals surface area contributed by atoms with E-state index >= 15 is 0 Å². The molecule has 0 radical (unpaired) electrons. The van der Waals surface area contributed by atoms with E-state index in [-0.39, 0.29) is 18.7 Å². The van der Waals surface area contributed by atoms with Crippen molar-refractivity contribution in [2.24, 2.45) is 4.99 Å². The van der Waals surface area contributed by atoms with E-state index in [1.165, 1.54) is 24.6 Å². The van der Waals surface area contributed by atoms with Crippen molar-refractivity contribution in [3.8, 4) is 11.1 Å². The number of carbonyl (C=O) groups is 1. The van der Waals surface area contributed by atoms with Crippen molar-refractivity contribution < 1.29 is 14.3 Å². The highest BCUT2D eigenvalue weighted by Gasteiger charge is 2.22. The normalized spacial score (nSPS) is 15.6. The zero-order chi connectivity index (χ0) is 21.5. The molecule has 1 aliphatic carbocycles. The highest BCUT2D eigenvalue weighted by molar-refractivity contribution is 5.90. The third-order valence-electron chi connectivity index (χ3n) is 5.24. The van der Waals surface area contributed by atoms with Crippen LogP contribution in [-0.4, -0.2) is 35.2 Å². The quantitative estimate of drug-likeness (QED) is 0.514. The van der Waals surface area contributed by atoms with Crippen LogP contribution in [0.1, 0.15) is 23.1 Å². The Hall–Kier alpha value is -3.74. The number of carbonyl (C=O) groups excluding carboxylic acids is 1. The van der Waals surface area contributed by atoms with Crippen LogP contribution in [0.15, 0.2) is 72.2 Å². The number of hydrogen-bond acceptors (Lipinski definition) is 6. The average molecular weight is 416 g/mol. The number of amidine groups is 1. The van der Waals surface area contributed by atoms with Gasteiger partial charge in [-0.05, 0) is 41.5 Å². The van der Waals surface area contributed by atoms with Gasteiger partial charge in [0, 0.05) is 18.0 Å². The molecule has 31 heavy (non-hydrogen) atoms. The highest BCUT2D eigenvalue weighted by atomic mass is 16.6. The van der Waals surface area contributed by atoms with Gasteiger partial charge in [-0.1, -0.05) is 48.5 Å². The van der Waals surface area contributed by atoms with E-state index in [1.54, 1.807) is 0 Å². The predicted octanol–water partition coefficient (Wildman–Crippen LogP) is 3.93. The number of nitrogens with one attached hydrogen (secondary N) is 1. The second kappa shape index (κ2) is 9.84. The lowest BCUT2D eigenvalue weighted by Crippen LogP contribution is -2.34. The molecular weight excluding hydrogens is 392 g/mol. The Bertz CT molecular complexity index is 1050. The zero-order valence-electron chi connectivity index (χ0n) is 17.3. The minimum absolute atomic E-state index is 0.0131. The standard InChI is InChI=1S/C24H24N4O3/c1-30-23(28-24(29)31-15-17-6-3-2-4-7-17)27-20-10-11-22-18(12-20)8-5-9-21(22)19-13-25-16-26-14-19/h2-9,13-14,16,20H,10-12,15H2,1H3,(H,27,28,29). The number of hydrogen-bond donors (Lipinski definition) is 1. The van der Waals surface area contributed by atoms with Gasteiger partial charge in [-0.15, -0.1) is 0 Å². The molecule has 0 saturated heterocycles. The van der Waals surface area contributed by atoms with Gasteiger partial charge in [0.25, 0.3) is 6.02 Å². The number of methoxy groups -OCH3 is 1. The first kappa shape index (κ1) is 20.5. The SMILES string of the molecule is COC(=NC1CCc2c(cccc2-c2cncnc2)C1)NC(=O)OCc1ccccc1. The molecule has 0 spiro atoms. The van der Waals surface area contributed by atoms with Crippen LogP contribution in [0.4, 0.5) is 4.79 Å². The smallest absolute Gasteiger partial charge is 0.415 e. The lowest BCUT2D eigenvalue weighted by Gasteiger charge is -2.24.